The number of benzene rings is 2. The fourth-order valence-electron chi connectivity index (χ4n) is 3.30. The molecule has 0 saturated carbocycles. The molecule has 5 atom stereocenters. The molecule has 4 rings (SSSR count). The van der Waals surface area contributed by atoms with E-state index in [1.165, 1.54) is 37.3 Å². The van der Waals surface area contributed by atoms with Crippen LogP contribution in [0, 0.1) is 0 Å². The van der Waals surface area contributed by atoms with E-state index in [-0.39, 0.29) is 34.3 Å². The van der Waals surface area contributed by atoms with Gasteiger partial charge in [0.15, 0.2) is 5.76 Å². The van der Waals surface area contributed by atoms with Crippen molar-refractivity contribution in [3.63, 3.8) is 0 Å². The molecule has 9 nitrogen and oxygen atoms in total. The van der Waals surface area contributed by atoms with Crippen LogP contribution in [0.5, 0.6) is 23.0 Å². The number of rotatable bonds is 3. The Kier molecular flexibility index (Phi) is 5.12. The first-order valence-electron chi connectivity index (χ1n) is 9.21. The summed E-state index contributed by atoms with van der Waals surface area (Å²) in [6.07, 6.45) is -4.91. The number of aromatic hydroxyl groups is 2. The summed E-state index contributed by atoms with van der Waals surface area (Å²) >= 11 is 0. The van der Waals surface area contributed by atoms with Crippen LogP contribution in [-0.2, 0) is 4.74 Å². The molecule has 9 heteroatoms. The summed E-state index contributed by atoms with van der Waals surface area (Å²) in [7, 11) is 0. The number of ether oxygens (including phenoxy) is 3. The summed E-state index contributed by atoms with van der Waals surface area (Å²) < 4.78 is 16.5. The van der Waals surface area contributed by atoms with E-state index in [0.29, 0.717) is 5.56 Å². The zero-order chi connectivity index (χ0) is 21.6. The topological polar surface area (TPSA) is 146 Å². The van der Waals surface area contributed by atoms with Crippen molar-refractivity contribution >= 4 is 11.9 Å². The molecule has 2 aliphatic rings. The summed E-state index contributed by atoms with van der Waals surface area (Å²) in [5.41, 5.74) is 0.571. The van der Waals surface area contributed by atoms with Crippen LogP contribution in [0.1, 0.15) is 22.8 Å². The molecule has 2 aromatic rings. The van der Waals surface area contributed by atoms with Crippen LogP contribution >= 0.6 is 0 Å². The number of aliphatic hydroxyl groups excluding tert-OH is 3. The van der Waals surface area contributed by atoms with Gasteiger partial charge in [-0.15, -0.1) is 0 Å². The lowest BCUT2D eigenvalue weighted by atomic mass is 10.00. The summed E-state index contributed by atoms with van der Waals surface area (Å²) in [5, 5.41) is 49.4. The van der Waals surface area contributed by atoms with Gasteiger partial charge in [0, 0.05) is 12.1 Å². The number of Topliss-reactive ketones (excluding diaryl/α,β-unsaturated/α-hetero) is 1. The summed E-state index contributed by atoms with van der Waals surface area (Å²) in [5.74, 6) is -0.769. The second kappa shape index (κ2) is 7.62. The van der Waals surface area contributed by atoms with Crippen LogP contribution in [0.15, 0.2) is 42.2 Å². The van der Waals surface area contributed by atoms with Crippen molar-refractivity contribution in [3.05, 3.63) is 53.3 Å². The van der Waals surface area contributed by atoms with Crippen LogP contribution in [0.25, 0.3) is 6.08 Å². The highest BCUT2D eigenvalue weighted by Gasteiger charge is 2.43. The van der Waals surface area contributed by atoms with Crippen LogP contribution in [0.4, 0.5) is 0 Å². The van der Waals surface area contributed by atoms with Crippen molar-refractivity contribution in [1.82, 2.24) is 0 Å². The van der Waals surface area contributed by atoms with E-state index in [1.54, 1.807) is 12.1 Å². The molecule has 2 aromatic carbocycles. The number of ketones is 1. The van der Waals surface area contributed by atoms with Crippen molar-refractivity contribution in [1.29, 1.82) is 0 Å². The molecule has 0 aromatic heterocycles. The Morgan fingerprint density at radius 1 is 1.00 bits per heavy atom. The van der Waals surface area contributed by atoms with Gasteiger partial charge in [0.05, 0.1) is 6.10 Å². The first-order chi connectivity index (χ1) is 14.2. The normalized spacial score (nSPS) is 29.5. The average Bonchev–Trinajstić information content (AvgIpc) is 3.02. The fourth-order valence-corrected chi connectivity index (χ4v) is 3.30. The third-order valence-electron chi connectivity index (χ3n) is 4.98. The molecule has 30 heavy (non-hydrogen) atoms. The highest BCUT2D eigenvalue weighted by atomic mass is 16.7. The monoisotopic (exact) mass is 416 g/mol. The van der Waals surface area contributed by atoms with Gasteiger partial charge in [-0.2, -0.15) is 0 Å². The zero-order valence-corrected chi connectivity index (χ0v) is 15.8. The van der Waals surface area contributed by atoms with E-state index < -0.39 is 36.5 Å². The second-order valence-electron chi connectivity index (χ2n) is 7.15. The Bertz CT molecular complexity index is 998. The molecule has 1 fully saturated rings. The summed E-state index contributed by atoms with van der Waals surface area (Å²) in [6.45, 7) is 1.51. The number of carbonyl (C=O) groups excluding carboxylic acids is 1. The van der Waals surface area contributed by atoms with Gasteiger partial charge >= 0.3 is 0 Å². The van der Waals surface area contributed by atoms with Crippen LogP contribution in [-0.4, -0.2) is 62.0 Å². The van der Waals surface area contributed by atoms with Crippen molar-refractivity contribution in [2.24, 2.45) is 0 Å². The highest BCUT2D eigenvalue weighted by Crippen LogP contribution is 2.41. The molecule has 0 unspecified atom stereocenters. The van der Waals surface area contributed by atoms with Crippen LogP contribution in [0.2, 0.25) is 0 Å². The number of aliphatic hydroxyl groups is 3. The molecular formula is C21H20O9. The molecule has 0 radical (unpaired) electrons. The predicted molar refractivity (Wildman–Crippen MR) is 102 cm³/mol. The SMILES string of the molecule is C[C@@H]1O[C@H](Oc2cc(O)c3c(c2)OC(=Cc2ccc(O)cc2)C3=O)[C@@H](O)[C@@H](O)[C@H]1O. The maximum Gasteiger partial charge on any atom is 0.235 e. The minimum Gasteiger partial charge on any atom is -0.508 e. The van der Waals surface area contributed by atoms with Crippen molar-refractivity contribution in [3.8, 4) is 23.0 Å². The molecule has 0 aliphatic carbocycles. The van der Waals surface area contributed by atoms with Gasteiger partial charge in [0.1, 0.15) is 46.9 Å². The van der Waals surface area contributed by atoms with E-state index >= 15 is 0 Å². The minimum atomic E-state index is -1.53. The molecule has 2 aliphatic heterocycles. The molecule has 0 spiro atoms. The average molecular weight is 416 g/mol. The Balaban J connectivity index is 1.58. The van der Waals surface area contributed by atoms with Gasteiger partial charge in [-0.3, -0.25) is 4.79 Å². The number of allylic oxidation sites excluding steroid dienone is 1. The van der Waals surface area contributed by atoms with Gasteiger partial charge in [-0.05, 0) is 30.7 Å². The summed E-state index contributed by atoms with van der Waals surface area (Å²) in [6, 6.07) is 8.64. The van der Waals surface area contributed by atoms with Crippen molar-refractivity contribution in [2.45, 2.75) is 37.6 Å². The number of phenolic OH excluding ortho intramolecular Hbond substituents is 2. The third kappa shape index (κ3) is 3.59. The van der Waals surface area contributed by atoms with Crippen LogP contribution < -0.4 is 9.47 Å². The lowest BCUT2D eigenvalue weighted by Crippen LogP contribution is -2.58. The first kappa shape index (κ1) is 20.2. The Morgan fingerprint density at radius 2 is 1.70 bits per heavy atom. The molecular weight excluding hydrogens is 396 g/mol. The van der Waals surface area contributed by atoms with E-state index in [9.17, 15) is 30.3 Å². The van der Waals surface area contributed by atoms with Gasteiger partial charge in [0.2, 0.25) is 12.1 Å². The Labute approximate surface area is 171 Å². The number of fused-ring (bicyclic) bond motifs is 1. The fraction of sp³-hybridized carbons (Fsp3) is 0.286. The first-order valence-corrected chi connectivity index (χ1v) is 9.21. The van der Waals surface area contributed by atoms with E-state index in [4.69, 9.17) is 14.2 Å². The van der Waals surface area contributed by atoms with E-state index in [1.807, 2.05) is 0 Å². The quantitative estimate of drug-likeness (QED) is 0.461. The smallest absolute Gasteiger partial charge is 0.235 e. The Morgan fingerprint density at radius 3 is 2.40 bits per heavy atom. The van der Waals surface area contributed by atoms with Gasteiger partial charge in [-0.25, -0.2) is 0 Å². The van der Waals surface area contributed by atoms with Crippen LogP contribution in [0.3, 0.4) is 0 Å². The van der Waals surface area contributed by atoms with E-state index in [0.717, 1.165) is 0 Å². The Hall–Kier alpha value is -3.11. The summed E-state index contributed by atoms with van der Waals surface area (Å²) in [4.78, 5) is 12.6. The number of carbonyl (C=O) groups is 1. The molecule has 5 N–H and O–H groups in total. The molecule has 1 saturated heterocycles. The molecule has 0 bridgehead atoms. The largest absolute Gasteiger partial charge is 0.508 e. The maximum atomic E-state index is 12.6. The highest BCUT2D eigenvalue weighted by molar-refractivity contribution is 6.16. The lowest BCUT2D eigenvalue weighted by Gasteiger charge is -2.38. The number of hydrogen-bond donors (Lipinski definition) is 5. The zero-order valence-electron chi connectivity index (χ0n) is 15.8. The van der Waals surface area contributed by atoms with E-state index in [2.05, 4.69) is 0 Å². The molecule has 158 valence electrons. The standard InChI is InChI=1S/C21H20O9/c1-9-17(24)19(26)20(27)21(28-9)29-12-7-13(23)16-14(8-12)30-15(18(16)25)6-10-2-4-11(22)5-3-10/h2-9,17,19-24,26-27H,1H3/t9-,17-,19-,20-,21+/m0/s1. The number of phenols is 2. The molecule has 0 amide bonds. The van der Waals surface area contributed by atoms with Gasteiger partial charge in [-0.1, -0.05) is 12.1 Å². The lowest BCUT2D eigenvalue weighted by molar-refractivity contribution is -0.268. The second-order valence-corrected chi connectivity index (χ2v) is 7.15. The minimum absolute atomic E-state index is 0.0238. The van der Waals surface area contributed by atoms with Crippen molar-refractivity contribution < 1.29 is 44.5 Å². The maximum absolute atomic E-state index is 12.6. The predicted octanol–water partition coefficient (Wildman–Crippen LogP) is 0.920. The van der Waals surface area contributed by atoms with Crippen molar-refractivity contribution in [2.75, 3.05) is 0 Å². The third-order valence-corrected chi connectivity index (χ3v) is 4.98. The number of hydrogen-bond acceptors (Lipinski definition) is 9. The molecule has 2 heterocycles. The van der Waals surface area contributed by atoms with Gasteiger partial charge < -0.3 is 39.7 Å². The van der Waals surface area contributed by atoms with Gasteiger partial charge in [0.25, 0.3) is 0 Å².